The van der Waals surface area contributed by atoms with E-state index < -0.39 is 11.0 Å². The zero-order valence-corrected chi connectivity index (χ0v) is 19.6. The first-order chi connectivity index (χ1) is 15.7. The molecule has 2 aromatic rings. The Morgan fingerprint density at radius 3 is 2.61 bits per heavy atom. The number of aromatic amines is 1. The van der Waals surface area contributed by atoms with Gasteiger partial charge in [0.05, 0.1) is 5.60 Å². The maximum absolute atomic E-state index is 13.0. The molecule has 2 saturated heterocycles. The van der Waals surface area contributed by atoms with Crippen LogP contribution in [0.3, 0.4) is 0 Å². The number of aromatic nitrogens is 1. The zero-order chi connectivity index (χ0) is 23.5. The van der Waals surface area contributed by atoms with E-state index in [1.165, 1.54) is 0 Å². The highest BCUT2D eigenvalue weighted by molar-refractivity contribution is 5.94. The van der Waals surface area contributed by atoms with Crippen LogP contribution < -0.4 is 5.56 Å². The second kappa shape index (κ2) is 7.71. The molecule has 3 atom stereocenters. The Kier molecular flexibility index (Phi) is 5.18. The summed E-state index contributed by atoms with van der Waals surface area (Å²) in [6, 6.07) is 6.90. The molecule has 2 fully saturated rings. The third-order valence-electron chi connectivity index (χ3n) is 8.59. The second-order valence-corrected chi connectivity index (χ2v) is 10.3. The van der Waals surface area contributed by atoms with Gasteiger partial charge in [-0.3, -0.25) is 9.59 Å². The van der Waals surface area contributed by atoms with Crippen molar-refractivity contribution in [2.24, 2.45) is 0 Å². The summed E-state index contributed by atoms with van der Waals surface area (Å²) in [6.07, 6.45) is 3.41. The van der Waals surface area contributed by atoms with E-state index in [1.807, 2.05) is 27.0 Å². The molecule has 7 nitrogen and oxygen atoms in total. The number of carbonyl (C=O) groups excluding carboxylic acids is 1. The number of amides is 1. The predicted molar refractivity (Wildman–Crippen MR) is 126 cm³/mol. The number of aliphatic hydroxyl groups is 1. The normalized spacial score (nSPS) is 29.6. The molecule has 0 spiro atoms. The van der Waals surface area contributed by atoms with Crippen LogP contribution >= 0.6 is 0 Å². The lowest BCUT2D eigenvalue weighted by atomic mass is 9.53. The third kappa shape index (κ3) is 3.24. The summed E-state index contributed by atoms with van der Waals surface area (Å²) in [5.41, 5.74) is 1.56. The molecule has 1 aromatic carbocycles. The van der Waals surface area contributed by atoms with Crippen molar-refractivity contribution in [1.29, 1.82) is 0 Å². The number of hydrogen-bond acceptors (Lipinski definition) is 5. The molecule has 7 heteroatoms. The van der Waals surface area contributed by atoms with Gasteiger partial charge in [-0.15, -0.1) is 0 Å². The van der Waals surface area contributed by atoms with Gasteiger partial charge in [-0.25, -0.2) is 0 Å². The highest BCUT2D eigenvalue weighted by Crippen LogP contribution is 2.53. The maximum Gasteiger partial charge on any atom is 0.261 e. The fourth-order valence-corrected chi connectivity index (χ4v) is 6.46. The smallest absolute Gasteiger partial charge is 0.261 e. The van der Waals surface area contributed by atoms with Crippen LogP contribution in [0.25, 0.3) is 0 Å². The number of likely N-dealkylation sites (tertiary alicyclic amines) is 2. The van der Waals surface area contributed by atoms with E-state index in [9.17, 15) is 19.8 Å². The van der Waals surface area contributed by atoms with Crippen molar-refractivity contribution < 1.29 is 15.0 Å². The van der Waals surface area contributed by atoms with Crippen molar-refractivity contribution in [2.45, 2.75) is 63.0 Å². The molecule has 0 saturated carbocycles. The standard InChI is InChI=1S/C26H33N3O4/c1-16-6-7-19(30)13-21(16)25-8-11-28(3)17(2)26(25,33)14-18-12-20(23(31)27-22(18)15-25)24(32)29-9-4-5-10-29/h6-7,12-13,17,30,33H,4-5,8-11,14-15H2,1-3H3,(H,27,31)/t17-,25?,26-/m1/s1. The van der Waals surface area contributed by atoms with Crippen molar-refractivity contribution in [2.75, 3.05) is 26.7 Å². The molecule has 1 aromatic heterocycles. The van der Waals surface area contributed by atoms with Crippen LogP contribution in [0.4, 0.5) is 0 Å². The number of fused-ring (bicyclic) bond motifs is 2. The number of H-pyrrole nitrogens is 1. The molecule has 33 heavy (non-hydrogen) atoms. The number of carbonyl (C=O) groups is 1. The highest BCUT2D eigenvalue weighted by Gasteiger charge is 2.60. The minimum Gasteiger partial charge on any atom is -0.508 e. The summed E-state index contributed by atoms with van der Waals surface area (Å²) in [7, 11) is 2.02. The van der Waals surface area contributed by atoms with Crippen LogP contribution in [-0.2, 0) is 18.3 Å². The van der Waals surface area contributed by atoms with E-state index in [4.69, 9.17) is 0 Å². The second-order valence-electron chi connectivity index (χ2n) is 10.3. The van der Waals surface area contributed by atoms with E-state index in [0.717, 1.165) is 41.8 Å². The monoisotopic (exact) mass is 451 g/mol. The fourth-order valence-electron chi connectivity index (χ4n) is 6.46. The molecule has 176 valence electrons. The summed E-state index contributed by atoms with van der Waals surface area (Å²) in [6.45, 7) is 6.20. The van der Waals surface area contributed by atoms with Gasteiger partial charge in [0.15, 0.2) is 0 Å². The van der Waals surface area contributed by atoms with Crippen LogP contribution in [0, 0.1) is 6.92 Å². The molecule has 0 radical (unpaired) electrons. The summed E-state index contributed by atoms with van der Waals surface area (Å²) in [5, 5.41) is 22.7. The summed E-state index contributed by atoms with van der Waals surface area (Å²) in [5.74, 6) is -0.0530. The van der Waals surface area contributed by atoms with Crippen molar-refractivity contribution >= 4 is 5.91 Å². The van der Waals surface area contributed by atoms with Crippen LogP contribution in [0.2, 0.25) is 0 Å². The molecular formula is C26H33N3O4. The summed E-state index contributed by atoms with van der Waals surface area (Å²) in [4.78, 5) is 32.9. The maximum atomic E-state index is 13.0. The molecule has 3 aliphatic rings. The lowest BCUT2D eigenvalue weighted by Gasteiger charge is -2.59. The summed E-state index contributed by atoms with van der Waals surface area (Å²) < 4.78 is 0. The van der Waals surface area contributed by atoms with Gasteiger partial charge in [-0.05, 0) is 81.6 Å². The number of rotatable bonds is 2. The number of phenolic OH excluding ortho intramolecular Hbond substituents is 1. The Balaban J connectivity index is 1.66. The predicted octanol–water partition coefficient (Wildman–Crippen LogP) is 2.12. The number of aryl methyl sites for hydroxylation is 1. The average Bonchev–Trinajstić information content (AvgIpc) is 3.32. The van der Waals surface area contributed by atoms with E-state index in [1.54, 1.807) is 23.1 Å². The zero-order valence-electron chi connectivity index (χ0n) is 19.6. The van der Waals surface area contributed by atoms with Crippen molar-refractivity contribution in [1.82, 2.24) is 14.8 Å². The Bertz CT molecular complexity index is 1170. The van der Waals surface area contributed by atoms with Crippen LogP contribution in [0.1, 0.15) is 58.9 Å². The first-order valence-electron chi connectivity index (χ1n) is 11.9. The van der Waals surface area contributed by atoms with Crippen molar-refractivity contribution in [3.05, 3.63) is 62.6 Å². The molecule has 5 rings (SSSR count). The van der Waals surface area contributed by atoms with Gasteiger partial charge in [0.1, 0.15) is 11.3 Å². The highest BCUT2D eigenvalue weighted by atomic mass is 16.3. The van der Waals surface area contributed by atoms with E-state index in [0.29, 0.717) is 32.4 Å². The lowest BCUT2D eigenvalue weighted by molar-refractivity contribution is -0.132. The number of phenols is 1. The van der Waals surface area contributed by atoms with Crippen LogP contribution in [-0.4, -0.2) is 69.2 Å². The summed E-state index contributed by atoms with van der Waals surface area (Å²) >= 11 is 0. The number of nitrogens with zero attached hydrogens (tertiary/aromatic N) is 2. The minimum absolute atomic E-state index is 0.147. The largest absolute Gasteiger partial charge is 0.508 e. The number of hydrogen-bond donors (Lipinski definition) is 3. The Morgan fingerprint density at radius 1 is 1.15 bits per heavy atom. The number of pyridine rings is 1. The molecule has 1 unspecified atom stereocenters. The van der Waals surface area contributed by atoms with Crippen LogP contribution in [0.5, 0.6) is 5.75 Å². The first kappa shape index (κ1) is 22.2. The number of nitrogens with one attached hydrogen (secondary N) is 1. The van der Waals surface area contributed by atoms with E-state index in [2.05, 4.69) is 9.88 Å². The Hall–Kier alpha value is -2.64. The van der Waals surface area contributed by atoms with Gasteiger partial charge >= 0.3 is 0 Å². The van der Waals surface area contributed by atoms with Gasteiger partial charge < -0.3 is 25.0 Å². The van der Waals surface area contributed by atoms with E-state index >= 15 is 0 Å². The number of benzene rings is 1. The fraction of sp³-hybridized carbons (Fsp3) is 0.538. The topological polar surface area (TPSA) is 96.9 Å². The molecule has 2 aliphatic heterocycles. The Morgan fingerprint density at radius 2 is 1.88 bits per heavy atom. The van der Waals surface area contributed by atoms with Crippen molar-refractivity contribution in [3.63, 3.8) is 0 Å². The molecule has 3 N–H and O–H groups in total. The molecule has 0 bridgehead atoms. The third-order valence-corrected chi connectivity index (χ3v) is 8.59. The van der Waals surface area contributed by atoms with Crippen molar-refractivity contribution in [3.8, 4) is 5.75 Å². The van der Waals surface area contributed by atoms with Crippen LogP contribution in [0.15, 0.2) is 29.1 Å². The van der Waals surface area contributed by atoms with Gasteiger partial charge in [-0.2, -0.15) is 0 Å². The molecule has 3 heterocycles. The molecule has 1 aliphatic carbocycles. The number of aromatic hydroxyl groups is 1. The molecule has 1 amide bonds. The Labute approximate surface area is 194 Å². The van der Waals surface area contributed by atoms with Gasteiger partial charge in [0, 0.05) is 43.1 Å². The number of likely N-dealkylation sites (N-methyl/N-ethyl adjacent to an activating group) is 1. The van der Waals surface area contributed by atoms with E-state index in [-0.39, 0.29) is 28.8 Å². The van der Waals surface area contributed by atoms with Gasteiger partial charge in [0.2, 0.25) is 0 Å². The average molecular weight is 452 g/mol. The van der Waals surface area contributed by atoms with Gasteiger partial charge in [-0.1, -0.05) is 6.07 Å². The first-order valence-corrected chi connectivity index (χ1v) is 11.9. The molecular weight excluding hydrogens is 418 g/mol. The minimum atomic E-state index is -1.13. The quantitative estimate of drug-likeness (QED) is 0.650. The SMILES string of the molecule is Cc1ccc(O)cc1C12CCN(C)[C@H](C)[C@]1(O)Cc1cc(C(=O)N3CCCC3)c(=O)[nH]c1C2. The number of piperidine rings is 1. The lowest BCUT2D eigenvalue weighted by Crippen LogP contribution is -2.70. The van der Waals surface area contributed by atoms with Gasteiger partial charge in [0.25, 0.3) is 11.5 Å².